The molecule has 1 atom stereocenters. The van der Waals surface area contributed by atoms with Gasteiger partial charge in [-0.2, -0.15) is 0 Å². The van der Waals surface area contributed by atoms with Crippen LogP contribution in [0.25, 0.3) is 0 Å². The van der Waals surface area contributed by atoms with Crippen LogP contribution in [0, 0.1) is 0 Å². The Balaban J connectivity index is 3.42. The summed E-state index contributed by atoms with van der Waals surface area (Å²) in [4.78, 5) is 11.0. The minimum atomic E-state index is -1.07. The number of aliphatic hydroxyl groups excluding tert-OH is 1. The normalized spacial score (nSPS) is 12.0. The predicted octanol–water partition coefficient (Wildman–Crippen LogP) is 1.85. The van der Waals surface area contributed by atoms with E-state index in [4.69, 9.17) is 14.6 Å². The molecule has 5 nitrogen and oxygen atoms in total. The molecule has 0 aliphatic heterocycles. The summed E-state index contributed by atoms with van der Waals surface area (Å²) in [7, 11) is 2.87. The molecule has 94 valence electrons. The number of ether oxygens (including phenoxy) is 2. The zero-order valence-electron chi connectivity index (χ0n) is 10.1. The molecule has 1 aromatic rings. The van der Waals surface area contributed by atoms with E-state index in [9.17, 15) is 9.90 Å². The number of hydrogen-bond acceptors (Lipinski definition) is 4. The lowest BCUT2D eigenvalue weighted by molar-refractivity contribution is 0.0696. The maximum Gasteiger partial charge on any atom is 0.335 e. The molecule has 0 aliphatic rings. The molecule has 0 radical (unpaired) electrons. The number of hydrogen-bond donors (Lipinski definition) is 2. The van der Waals surface area contributed by atoms with Crippen LogP contribution in [0.4, 0.5) is 0 Å². The average Bonchev–Trinajstić information content (AvgIpc) is 2.35. The van der Waals surface area contributed by atoms with Gasteiger partial charge in [0, 0.05) is 5.56 Å². The SMILES string of the molecule is CCC(O)c1cc(C(=O)O)cc(OC)c1OC. The third kappa shape index (κ3) is 2.68. The minimum absolute atomic E-state index is 0.0603. The van der Waals surface area contributed by atoms with E-state index < -0.39 is 12.1 Å². The summed E-state index contributed by atoms with van der Waals surface area (Å²) in [5.41, 5.74) is 0.483. The number of aromatic carboxylic acids is 1. The zero-order chi connectivity index (χ0) is 13.0. The lowest BCUT2D eigenvalue weighted by Crippen LogP contribution is -2.05. The molecule has 1 rings (SSSR count). The van der Waals surface area contributed by atoms with Crippen molar-refractivity contribution in [2.75, 3.05) is 14.2 Å². The minimum Gasteiger partial charge on any atom is -0.493 e. The summed E-state index contributed by atoms with van der Waals surface area (Å²) in [6, 6.07) is 2.77. The number of carboxylic acids is 1. The molecule has 0 heterocycles. The molecule has 1 unspecified atom stereocenters. The van der Waals surface area contributed by atoms with Crippen LogP contribution in [-0.2, 0) is 0 Å². The van der Waals surface area contributed by atoms with Crippen molar-refractivity contribution in [3.63, 3.8) is 0 Å². The van der Waals surface area contributed by atoms with Crippen LogP contribution in [0.15, 0.2) is 12.1 Å². The van der Waals surface area contributed by atoms with Gasteiger partial charge < -0.3 is 19.7 Å². The Morgan fingerprint density at radius 1 is 1.35 bits per heavy atom. The van der Waals surface area contributed by atoms with Gasteiger partial charge in [0.25, 0.3) is 0 Å². The highest BCUT2D eigenvalue weighted by Gasteiger charge is 2.19. The molecule has 17 heavy (non-hydrogen) atoms. The number of rotatable bonds is 5. The molecule has 0 saturated carbocycles. The third-order valence-electron chi connectivity index (χ3n) is 2.50. The van der Waals surface area contributed by atoms with Crippen LogP contribution < -0.4 is 9.47 Å². The van der Waals surface area contributed by atoms with Crippen molar-refractivity contribution in [3.05, 3.63) is 23.3 Å². The largest absolute Gasteiger partial charge is 0.493 e. The molecule has 1 aromatic carbocycles. The lowest BCUT2D eigenvalue weighted by Gasteiger charge is -2.17. The fraction of sp³-hybridized carbons (Fsp3) is 0.417. The van der Waals surface area contributed by atoms with Crippen LogP contribution in [0.1, 0.15) is 35.4 Å². The standard InChI is InChI=1S/C12H16O5/c1-4-9(13)8-5-7(12(14)15)6-10(16-2)11(8)17-3/h5-6,9,13H,4H2,1-3H3,(H,14,15). The van der Waals surface area contributed by atoms with Crippen molar-refractivity contribution in [1.82, 2.24) is 0 Å². The Kier molecular flexibility index (Phi) is 4.34. The van der Waals surface area contributed by atoms with E-state index in [-0.39, 0.29) is 5.56 Å². The maximum atomic E-state index is 11.0. The molecule has 0 bridgehead atoms. The van der Waals surface area contributed by atoms with Gasteiger partial charge in [-0.05, 0) is 18.6 Å². The molecule has 2 N–H and O–H groups in total. The van der Waals surface area contributed by atoms with E-state index >= 15 is 0 Å². The summed E-state index contributed by atoms with van der Waals surface area (Å²) in [5, 5.41) is 18.8. The summed E-state index contributed by atoms with van der Waals surface area (Å²) >= 11 is 0. The van der Waals surface area contributed by atoms with Crippen molar-refractivity contribution in [3.8, 4) is 11.5 Å². The first kappa shape index (κ1) is 13.3. The number of carbonyl (C=O) groups is 1. The Bertz CT molecular complexity index is 414. The van der Waals surface area contributed by atoms with E-state index in [0.717, 1.165) is 0 Å². The van der Waals surface area contributed by atoms with Crippen LogP contribution in [0.5, 0.6) is 11.5 Å². The first-order valence-corrected chi connectivity index (χ1v) is 5.22. The average molecular weight is 240 g/mol. The fourth-order valence-corrected chi connectivity index (χ4v) is 1.58. The van der Waals surface area contributed by atoms with Crippen molar-refractivity contribution >= 4 is 5.97 Å². The number of methoxy groups -OCH3 is 2. The first-order valence-electron chi connectivity index (χ1n) is 5.22. The van der Waals surface area contributed by atoms with Gasteiger partial charge in [-0.3, -0.25) is 0 Å². The van der Waals surface area contributed by atoms with Gasteiger partial charge in [0.05, 0.1) is 25.9 Å². The van der Waals surface area contributed by atoms with Gasteiger partial charge in [0.1, 0.15) is 0 Å². The van der Waals surface area contributed by atoms with Crippen LogP contribution in [0.3, 0.4) is 0 Å². The van der Waals surface area contributed by atoms with Gasteiger partial charge in [0.2, 0.25) is 0 Å². The number of benzene rings is 1. The Hall–Kier alpha value is -1.75. The van der Waals surface area contributed by atoms with Gasteiger partial charge >= 0.3 is 5.97 Å². The quantitative estimate of drug-likeness (QED) is 0.821. The van der Waals surface area contributed by atoms with Crippen LogP contribution in [-0.4, -0.2) is 30.4 Å². The smallest absolute Gasteiger partial charge is 0.335 e. The van der Waals surface area contributed by atoms with Crippen LogP contribution >= 0.6 is 0 Å². The lowest BCUT2D eigenvalue weighted by atomic mass is 10.0. The molecule has 0 fully saturated rings. The van der Waals surface area contributed by atoms with E-state index in [1.807, 2.05) is 0 Å². The van der Waals surface area contributed by atoms with Crippen molar-refractivity contribution in [2.45, 2.75) is 19.4 Å². The van der Waals surface area contributed by atoms with Crippen LogP contribution in [0.2, 0.25) is 0 Å². The fourth-order valence-electron chi connectivity index (χ4n) is 1.58. The second-order valence-electron chi connectivity index (χ2n) is 3.53. The highest BCUT2D eigenvalue weighted by molar-refractivity contribution is 5.89. The zero-order valence-corrected chi connectivity index (χ0v) is 10.1. The van der Waals surface area contributed by atoms with Gasteiger partial charge in [-0.25, -0.2) is 4.79 Å². The molecular weight excluding hydrogens is 224 g/mol. The Morgan fingerprint density at radius 3 is 2.41 bits per heavy atom. The van der Waals surface area contributed by atoms with E-state index in [1.54, 1.807) is 6.92 Å². The van der Waals surface area contributed by atoms with E-state index in [1.165, 1.54) is 26.4 Å². The maximum absolute atomic E-state index is 11.0. The molecule has 5 heteroatoms. The van der Waals surface area contributed by atoms with Gasteiger partial charge in [-0.1, -0.05) is 6.92 Å². The van der Waals surface area contributed by atoms with Gasteiger partial charge in [0.15, 0.2) is 11.5 Å². The van der Waals surface area contributed by atoms with Crippen molar-refractivity contribution in [1.29, 1.82) is 0 Å². The second-order valence-corrected chi connectivity index (χ2v) is 3.53. The summed E-state index contributed by atoms with van der Waals surface area (Å²) < 4.78 is 10.2. The summed E-state index contributed by atoms with van der Waals surface area (Å²) in [6.45, 7) is 1.80. The van der Waals surface area contributed by atoms with E-state index in [2.05, 4.69) is 0 Å². The highest BCUT2D eigenvalue weighted by atomic mass is 16.5. The second kappa shape index (κ2) is 5.54. The third-order valence-corrected chi connectivity index (χ3v) is 2.50. The highest BCUT2D eigenvalue weighted by Crippen LogP contribution is 2.37. The summed E-state index contributed by atoms with van der Waals surface area (Å²) in [6.07, 6.45) is -0.319. The Labute approximate surface area is 99.6 Å². The molecule has 0 aliphatic carbocycles. The topological polar surface area (TPSA) is 76.0 Å². The Morgan fingerprint density at radius 2 is 2.00 bits per heavy atom. The van der Waals surface area contributed by atoms with Crippen molar-refractivity contribution in [2.24, 2.45) is 0 Å². The monoisotopic (exact) mass is 240 g/mol. The number of carboxylic acid groups (broad SMARTS) is 1. The summed E-state index contributed by atoms with van der Waals surface area (Å²) in [5.74, 6) is -0.405. The molecule has 0 spiro atoms. The van der Waals surface area contributed by atoms with Crippen molar-refractivity contribution < 1.29 is 24.5 Å². The molecular formula is C12H16O5. The number of aliphatic hydroxyl groups is 1. The van der Waals surface area contributed by atoms with E-state index in [0.29, 0.717) is 23.5 Å². The first-order chi connectivity index (χ1) is 8.04. The van der Waals surface area contributed by atoms with Gasteiger partial charge in [-0.15, -0.1) is 0 Å². The molecule has 0 aromatic heterocycles. The molecule has 0 saturated heterocycles. The molecule has 0 amide bonds. The predicted molar refractivity (Wildman–Crippen MR) is 61.8 cm³/mol.